The summed E-state index contributed by atoms with van der Waals surface area (Å²) in [6.45, 7) is 1.99. The number of benzene rings is 2. The minimum Gasteiger partial charge on any atom is -0.481 e. The lowest BCUT2D eigenvalue weighted by Crippen LogP contribution is -2.40. The van der Waals surface area contributed by atoms with Crippen LogP contribution >= 0.6 is 0 Å². The number of amidine groups is 1. The van der Waals surface area contributed by atoms with E-state index in [9.17, 15) is 14.4 Å². The molecule has 4 N–H and O–H groups in total. The number of likely N-dealkylation sites (N-methyl/N-ethyl adjacent to an activating group) is 1. The average Bonchev–Trinajstić information content (AvgIpc) is 2.85. The summed E-state index contributed by atoms with van der Waals surface area (Å²) >= 11 is 0. The molecule has 2 amide bonds. The highest BCUT2D eigenvalue weighted by Crippen LogP contribution is 2.27. The fourth-order valence-electron chi connectivity index (χ4n) is 3.28. The number of rotatable bonds is 5. The predicted octanol–water partition coefficient (Wildman–Crippen LogP) is 1.65. The zero-order chi connectivity index (χ0) is 22.5. The van der Waals surface area contributed by atoms with Crippen LogP contribution in [-0.2, 0) is 9.59 Å². The van der Waals surface area contributed by atoms with E-state index in [0.717, 1.165) is 5.56 Å². The van der Waals surface area contributed by atoms with Crippen molar-refractivity contribution in [3.05, 3.63) is 64.7 Å². The number of fused-ring (bicyclic) bond motifs is 1. The molecule has 2 aromatic carbocycles. The van der Waals surface area contributed by atoms with Gasteiger partial charge in [-0.3, -0.25) is 19.8 Å². The molecule has 0 fully saturated rings. The molecule has 0 atom stereocenters. The Bertz CT molecular complexity index is 1110. The van der Waals surface area contributed by atoms with E-state index in [0.29, 0.717) is 28.9 Å². The van der Waals surface area contributed by atoms with Crippen LogP contribution in [0.4, 0.5) is 5.69 Å². The van der Waals surface area contributed by atoms with E-state index < -0.39 is 11.9 Å². The Morgan fingerprint density at radius 1 is 1.13 bits per heavy atom. The van der Waals surface area contributed by atoms with Crippen LogP contribution in [0.1, 0.15) is 40.4 Å². The molecule has 0 spiro atoms. The summed E-state index contributed by atoms with van der Waals surface area (Å²) in [5.41, 5.74) is 8.18. The summed E-state index contributed by atoms with van der Waals surface area (Å²) in [7, 11) is 0. The lowest BCUT2D eigenvalue weighted by Gasteiger charge is -2.20. The molecule has 8 heteroatoms. The quantitative estimate of drug-likeness (QED) is 0.386. The first-order valence-corrected chi connectivity index (χ1v) is 9.72. The Kier molecular flexibility index (Phi) is 6.36. The molecule has 0 aromatic heterocycles. The Balaban J connectivity index is 1.95. The molecule has 0 unspecified atom stereocenters. The average molecular weight is 418 g/mol. The number of nitrogens with zero attached hydrogens (tertiary/aromatic N) is 2. The van der Waals surface area contributed by atoms with Crippen molar-refractivity contribution < 1.29 is 19.5 Å². The summed E-state index contributed by atoms with van der Waals surface area (Å²) in [5.74, 6) is 4.30. The second kappa shape index (κ2) is 9.13. The maximum atomic E-state index is 13.1. The summed E-state index contributed by atoms with van der Waals surface area (Å²) in [5, 5.41) is 16.4. The van der Waals surface area contributed by atoms with Crippen molar-refractivity contribution in [2.24, 2.45) is 5.73 Å². The smallest absolute Gasteiger partial charge is 0.305 e. The highest BCUT2D eigenvalue weighted by Gasteiger charge is 2.31. The van der Waals surface area contributed by atoms with Gasteiger partial charge >= 0.3 is 5.97 Å². The van der Waals surface area contributed by atoms with Crippen LogP contribution in [0.3, 0.4) is 0 Å². The first kappa shape index (κ1) is 21.6. The number of hydrogen-bond acceptors (Lipinski definition) is 4. The molecule has 2 aromatic rings. The SMILES string of the molecule is CCN1C(=O)CN(CCC(=O)O)C(=O)c2cc(C#Cc3ccc(C(=N)N)cc3)ccc21. The molecule has 1 heterocycles. The van der Waals surface area contributed by atoms with E-state index in [-0.39, 0.29) is 31.3 Å². The van der Waals surface area contributed by atoms with Gasteiger partial charge in [0, 0.05) is 29.8 Å². The van der Waals surface area contributed by atoms with Crippen LogP contribution in [0.5, 0.6) is 0 Å². The number of anilines is 1. The second-order valence-corrected chi connectivity index (χ2v) is 6.98. The van der Waals surface area contributed by atoms with Gasteiger partial charge in [-0.05, 0) is 37.3 Å². The topological polar surface area (TPSA) is 128 Å². The Morgan fingerprint density at radius 2 is 1.77 bits per heavy atom. The van der Waals surface area contributed by atoms with Crippen molar-refractivity contribution in [3.63, 3.8) is 0 Å². The summed E-state index contributed by atoms with van der Waals surface area (Å²) in [6.07, 6.45) is -0.240. The van der Waals surface area contributed by atoms with Crippen molar-refractivity contribution in [3.8, 4) is 11.8 Å². The Morgan fingerprint density at radius 3 is 2.39 bits per heavy atom. The number of carbonyl (C=O) groups excluding carboxylic acids is 2. The largest absolute Gasteiger partial charge is 0.481 e. The van der Waals surface area contributed by atoms with Crippen molar-refractivity contribution in [2.45, 2.75) is 13.3 Å². The van der Waals surface area contributed by atoms with E-state index in [1.807, 2.05) is 6.92 Å². The van der Waals surface area contributed by atoms with Gasteiger partial charge in [0.05, 0.1) is 17.7 Å². The lowest BCUT2D eigenvalue weighted by atomic mass is 10.1. The maximum absolute atomic E-state index is 13.1. The first-order chi connectivity index (χ1) is 14.8. The standard InChI is InChI=1S/C23H22N4O4/c1-2-27-19-10-7-16(4-3-15-5-8-17(9-6-15)22(24)25)13-18(19)23(31)26(14-20(27)28)12-11-21(29)30/h5-10,13H,2,11-12,14H2,1H3,(H3,24,25)(H,29,30). The summed E-state index contributed by atoms with van der Waals surface area (Å²) in [4.78, 5) is 39.4. The molecule has 158 valence electrons. The molecular formula is C23H22N4O4. The number of nitrogen functional groups attached to an aromatic ring is 1. The number of carboxylic acid groups (broad SMARTS) is 1. The van der Waals surface area contributed by atoms with Gasteiger partial charge in [-0.2, -0.15) is 0 Å². The fourth-order valence-corrected chi connectivity index (χ4v) is 3.28. The van der Waals surface area contributed by atoms with E-state index in [4.69, 9.17) is 16.2 Å². The van der Waals surface area contributed by atoms with Crippen molar-refractivity contribution >= 4 is 29.3 Å². The van der Waals surface area contributed by atoms with E-state index in [1.165, 1.54) is 9.80 Å². The normalized spacial score (nSPS) is 13.2. The van der Waals surface area contributed by atoms with Crippen molar-refractivity contribution in [2.75, 3.05) is 24.5 Å². The van der Waals surface area contributed by atoms with Gasteiger partial charge in [0.2, 0.25) is 5.91 Å². The molecule has 0 saturated carbocycles. The summed E-state index contributed by atoms with van der Waals surface area (Å²) in [6, 6.07) is 12.0. The van der Waals surface area contributed by atoms with Crippen LogP contribution < -0.4 is 10.6 Å². The molecule has 0 aliphatic carbocycles. The zero-order valence-electron chi connectivity index (χ0n) is 17.0. The Hall–Kier alpha value is -4.12. The van der Waals surface area contributed by atoms with Gasteiger partial charge in [-0.1, -0.05) is 24.0 Å². The van der Waals surface area contributed by atoms with Gasteiger partial charge < -0.3 is 20.6 Å². The van der Waals surface area contributed by atoms with Crippen molar-refractivity contribution in [1.29, 1.82) is 5.41 Å². The number of amides is 2. The van der Waals surface area contributed by atoms with Gasteiger partial charge in [-0.25, -0.2) is 0 Å². The van der Waals surface area contributed by atoms with Gasteiger partial charge in [0.25, 0.3) is 5.91 Å². The van der Waals surface area contributed by atoms with Crippen LogP contribution in [0.25, 0.3) is 0 Å². The van der Waals surface area contributed by atoms with Crippen LogP contribution in [0.15, 0.2) is 42.5 Å². The third kappa shape index (κ3) is 4.90. The number of nitrogens with two attached hydrogens (primary N) is 1. The third-order valence-corrected chi connectivity index (χ3v) is 4.89. The summed E-state index contributed by atoms with van der Waals surface area (Å²) < 4.78 is 0. The number of hydrogen-bond donors (Lipinski definition) is 3. The minimum atomic E-state index is -1.03. The van der Waals surface area contributed by atoms with Crippen molar-refractivity contribution in [1.82, 2.24) is 4.90 Å². The molecule has 1 aliphatic heterocycles. The molecule has 3 rings (SSSR count). The highest BCUT2D eigenvalue weighted by molar-refractivity contribution is 6.09. The molecule has 31 heavy (non-hydrogen) atoms. The Labute approximate surface area is 179 Å². The van der Waals surface area contributed by atoms with Gasteiger partial charge in [0.1, 0.15) is 12.4 Å². The molecule has 0 saturated heterocycles. The number of aliphatic carboxylic acids is 1. The minimum absolute atomic E-state index is 0.0220. The number of carbonyl (C=O) groups is 3. The zero-order valence-corrected chi connectivity index (χ0v) is 17.0. The third-order valence-electron chi connectivity index (χ3n) is 4.89. The fraction of sp³-hybridized carbons (Fsp3) is 0.217. The first-order valence-electron chi connectivity index (χ1n) is 9.72. The van der Waals surface area contributed by atoms with Crippen LogP contribution in [0, 0.1) is 17.3 Å². The van der Waals surface area contributed by atoms with Gasteiger partial charge in [0.15, 0.2) is 0 Å². The highest BCUT2D eigenvalue weighted by atomic mass is 16.4. The molecule has 0 bridgehead atoms. The molecule has 8 nitrogen and oxygen atoms in total. The lowest BCUT2D eigenvalue weighted by molar-refractivity contribution is -0.137. The molecular weight excluding hydrogens is 396 g/mol. The molecule has 0 radical (unpaired) electrons. The second-order valence-electron chi connectivity index (χ2n) is 6.98. The number of carboxylic acids is 1. The molecule has 1 aliphatic rings. The predicted molar refractivity (Wildman–Crippen MR) is 116 cm³/mol. The van der Waals surface area contributed by atoms with Crippen LogP contribution in [-0.4, -0.2) is 53.3 Å². The monoisotopic (exact) mass is 418 g/mol. The van der Waals surface area contributed by atoms with E-state index in [1.54, 1.807) is 42.5 Å². The number of nitrogens with one attached hydrogen (secondary N) is 1. The van der Waals surface area contributed by atoms with Gasteiger partial charge in [-0.15, -0.1) is 0 Å². The van der Waals surface area contributed by atoms with Crippen LogP contribution in [0.2, 0.25) is 0 Å². The van der Waals surface area contributed by atoms with E-state index in [2.05, 4.69) is 11.8 Å². The maximum Gasteiger partial charge on any atom is 0.305 e. The van der Waals surface area contributed by atoms with E-state index >= 15 is 0 Å².